The number of anilines is 1. The van der Waals surface area contributed by atoms with Crippen molar-refractivity contribution in [2.24, 2.45) is 5.14 Å². The number of hydrogen-bond donors (Lipinski definition) is 1. The molecule has 1 aromatic carbocycles. The number of fused-ring (bicyclic) bond motifs is 3. The van der Waals surface area contributed by atoms with Crippen molar-refractivity contribution in [1.82, 2.24) is 9.97 Å². The smallest absolute Gasteiger partial charge is 0.239 e. The highest BCUT2D eigenvalue weighted by molar-refractivity contribution is 7.89. The van der Waals surface area contributed by atoms with Crippen molar-refractivity contribution < 1.29 is 17.9 Å². The van der Waals surface area contributed by atoms with Crippen molar-refractivity contribution >= 4 is 32.7 Å². The second-order valence-corrected chi connectivity index (χ2v) is 8.84. The minimum absolute atomic E-state index is 0.00117. The highest BCUT2D eigenvalue weighted by atomic mass is 32.2. The molecule has 4 rings (SSSR count). The number of hydrogen-bond acceptors (Lipinski definition) is 7. The summed E-state index contributed by atoms with van der Waals surface area (Å²) >= 11 is 0. The van der Waals surface area contributed by atoms with Crippen molar-refractivity contribution in [2.75, 3.05) is 25.7 Å². The Labute approximate surface area is 181 Å². The van der Waals surface area contributed by atoms with Crippen LogP contribution in [0.5, 0.6) is 11.5 Å². The highest BCUT2D eigenvalue weighted by Gasteiger charge is 2.20. The Balaban J connectivity index is 1.82. The Hall–Kier alpha value is -3.17. The average molecular weight is 441 g/mol. The van der Waals surface area contributed by atoms with E-state index in [-0.39, 0.29) is 4.90 Å². The maximum atomic E-state index is 11.5. The number of sulfonamides is 1. The molecule has 2 N–H and O–H groups in total. The summed E-state index contributed by atoms with van der Waals surface area (Å²) in [6.07, 6.45) is 9.33. The molecule has 0 amide bonds. The number of nitrogens with two attached hydrogens (primary N) is 1. The predicted molar refractivity (Wildman–Crippen MR) is 120 cm³/mol. The molecule has 0 fully saturated rings. The normalized spacial score (nSPS) is 14.1. The number of allylic oxidation sites excluding steroid dienone is 1. The van der Waals surface area contributed by atoms with E-state index in [1.807, 2.05) is 18.3 Å². The molecule has 3 aromatic rings. The van der Waals surface area contributed by atoms with E-state index in [2.05, 4.69) is 27.0 Å². The molecule has 1 aliphatic heterocycles. The van der Waals surface area contributed by atoms with Gasteiger partial charge < -0.3 is 14.4 Å². The summed E-state index contributed by atoms with van der Waals surface area (Å²) in [7, 11) is -0.564. The average Bonchev–Trinajstić information content (AvgIpc) is 2.74. The van der Waals surface area contributed by atoms with E-state index < -0.39 is 10.0 Å². The molecule has 0 spiro atoms. The molecule has 9 heteroatoms. The van der Waals surface area contributed by atoms with Crippen LogP contribution in [0.2, 0.25) is 0 Å². The lowest BCUT2D eigenvalue weighted by atomic mass is 10.0. The molecule has 0 radical (unpaired) electrons. The molecule has 0 saturated carbocycles. The molecule has 162 valence electrons. The first-order chi connectivity index (χ1) is 14.9. The Bertz CT molecular complexity index is 1240. The fourth-order valence-electron chi connectivity index (χ4n) is 3.74. The first-order valence-electron chi connectivity index (χ1n) is 9.84. The molecular formula is C22H24N4O4S. The van der Waals surface area contributed by atoms with Gasteiger partial charge in [0.15, 0.2) is 11.5 Å². The minimum atomic E-state index is -3.77. The van der Waals surface area contributed by atoms with E-state index in [1.54, 1.807) is 20.3 Å². The van der Waals surface area contributed by atoms with Gasteiger partial charge in [0.1, 0.15) is 4.90 Å². The van der Waals surface area contributed by atoms with Gasteiger partial charge in [0.25, 0.3) is 0 Å². The second kappa shape index (κ2) is 8.52. The number of aromatic nitrogens is 2. The fraction of sp³-hybridized carbons (Fsp3) is 0.273. The molecule has 0 unspecified atom stereocenters. The molecule has 31 heavy (non-hydrogen) atoms. The Kier molecular flexibility index (Phi) is 5.79. The number of rotatable bonds is 5. The summed E-state index contributed by atoms with van der Waals surface area (Å²) < 4.78 is 34.0. The molecule has 0 atom stereocenters. The van der Waals surface area contributed by atoms with Gasteiger partial charge in [-0.2, -0.15) is 0 Å². The van der Waals surface area contributed by atoms with Gasteiger partial charge in [-0.25, -0.2) is 13.6 Å². The maximum Gasteiger partial charge on any atom is 0.239 e. The van der Waals surface area contributed by atoms with Crippen LogP contribution in [0.1, 0.15) is 24.1 Å². The monoisotopic (exact) mass is 440 g/mol. The largest absolute Gasteiger partial charge is 0.493 e. The zero-order valence-electron chi connectivity index (χ0n) is 17.4. The van der Waals surface area contributed by atoms with Crippen molar-refractivity contribution in [3.05, 3.63) is 54.0 Å². The van der Waals surface area contributed by atoms with Crippen LogP contribution in [0.4, 0.5) is 5.69 Å². The van der Waals surface area contributed by atoms with Gasteiger partial charge in [-0.3, -0.25) is 9.97 Å². The van der Waals surface area contributed by atoms with Crippen LogP contribution in [-0.2, 0) is 16.6 Å². The van der Waals surface area contributed by atoms with E-state index in [9.17, 15) is 8.42 Å². The first-order valence-corrected chi connectivity index (χ1v) is 11.4. The van der Waals surface area contributed by atoms with Gasteiger partial charge in [0, 0.05) is 36.0 Å². The van der Waals surface area contributed by atoms with E-state index in [0.29, 0.717) is 18.0 Å². The molecule has 1 aliphatic rings. The van der Waals surface area contributed by atoms with E-state index in [0.717, 1.165) is 47.2 Å². The number of nitrogens with zero attached hydrogens (tertiary/aromatic N) is 3. The van der Waals surface area contributed by atoms with Crippen molar-refractivity contribution in [3.63, 3.8) is 0 Å². The lowest BCUT2D eigenvalue weighted by molar-refractivity contribution is 0.356. The van der Waals surface area contributed by atoms with Crippen molar-refractivity contribution in [2.45, 2.75) is 24.3 Å². The standard InChI is InChI=1S/C22H24N4O4S/c1-29-20-10-18-19(11-21(20)30-2)25-12-15-6-4-3-5-9-26(22(15)18)14-16-7-8-17(13-24-16)31(23,27)28/h4,6-8,10-13H,3,5,9,14H2,1-2H3,(H2,23,27,28). The molecule has 2 aromatic heterocycles. The van der Waals surface area contributed by atoms with Crippen molar-refractivity contribution in [3.8, 4) is 11.5 Å². The van der Waals surface area contributed by atoms with Crippen LogP contribution in [0, 0.1) is 0 Å². The SMILES string of the molecule is COc1cc2ncc3c(c2cc1OC)N(Cc1ccc(S(N)(=O)=O)cn1)CCCC=C3. The lowest BCUT2D eigenvalue weighted by Gasteiger charge is -2.29. The summed E-state index contributed by atoms with van der Waals surface area (Å²) in [5.74, 6) is 1.25. The van der Waals surface area contributed by atoms with Gasteiger partial charge in [0.05, 0.1) is 37.7 Å². The topological polar surface area (TPSA) is 108 Å². The number of ether oxygens (including phenoxy) is 2. The van der Waals surface area contributed by atoms with Gasteiger partial charge in [0.2, 0.25) is 10.0 Å². The summed E-state index contributed by atoms with van der Waals surface area (Å²) in [5, 5.41) is 6.14. The van der Waals surface area contributed by atoms with Crippen LogP contribution in [0.15, 0.2) is 47.6 Å². The third-order valence-electron chi connectivity index (χ3n) is 5.26. The van der Waals surface area contributed by atoms with Crippen LogP contribution in [0.25, 0.3) is 17.0 Å². The summed E-state index contributed by atoms with van der Waals surface area (Å²) in [6, 6.07) is 7.00. The van der Waals surface area contributed by atoms with E-state index in [1.165, 1.54) is 12.3 Å². The summed E-state index contributed by atoms with van der Waals surface area (Å²) in [5.41, 5.74) is 3.57. The van der Waals surface area contributed by atoms with Gasteiger partial charge >= 0.3 is 0 Å². The highest BCUT2D eigenvalue weighted by Crippen LogP contribution is 2.39. The van der Waals surface area contributed by atoms with E-state index in [4.69, 9.17) is 14.6 Å². The van der Waals surface area contributed by atoms with Crippen LogP contribution in [-0.4, -0.2) is 39.2 Å². The van der Waals surface area contributed by atoms with Crippen molar-refractivity contribution in [1.29, 1.82) is 0 Å². The Morgan fingerprint density at radius 1 is 1.10 bits per heavy atom. The second-order valence-electron chi connectivity index (χ2n) is 7.28. The molecule has 3 heterocycles. The third-order valence-corrected chi connectivity index (χ3v) is 6.16. The quantitative estimate of drug-likeness (QED) is 0.649. The Morgan fingerprint density at radius 3 is 2.55 bits per heavy atom. The zero-order chi connectivity index (χ0) is 22.0. The molecule has 0 bridgehead atoms. The minimum Gasteiger partial charge on any atom is -0.493 e. The van der Waals surface area contributed by atoms with Gasteiger partial charge in [-0.15, -0.1) is 0 Å². The number of pyridine rings is 2. The van der Waals surface area contributed by atoms with Crippen LogP contribution < -0.4 is 19.5 Å². The molecule has 8 nitrogen and oxygen atoms in total. The maximum absolute atomic E-state index is 11.5. The Morgan fingerprint density at radius 2 is 1.87 bits per heavy atom. The molecular weight excluding hydrogens is 416 g/mol. The predicted octanol–water partition coefficient (Wildman–Crippen LogP) is 3.11. The lowest BCUT2D eigenvalue weighted by Crippen LogP contribution is -2.26. The van der Waals surface area contributed by atoms with Crippen LogP contribution >= 0.6 is 0 Å². The van der Waals surface area contributed by atoms with Crippen LogP contribution in [0.3, 0.4) is 0 Å². The zero-order valence-corrected chi connectivity index (χ0v) is 18.2. The molecule has 0 aliphatic carbocycles. The van der Waals surface area contributed by atoms with Gasteiger partial charge in [-0.05, 0) is 31.0 Å². The number of methoxy groups -OCH3 is 2. The number of primary sulfonamides is 1. The van der Waals surface area contributed by atoms with E-state index >= 15 is 0 Å². The first kappa shape index (κ1) is 21.1. The fourth-order valence-corrected chi connectivity index (χ4v) is 4.20. The van der Waals surface area contributed by atoms with Gasteiger partial charge in [-0.1, -0.05) is 12.2 Å². The summed E-state index contributed by atoms with van der Waals surface area (Å²) in [6.45, 7) is 1.32. The third kappa shape index (κ3) is 4.33. The molecule has 0 saturated heterocycles. The number of benzene rings is 1. The summed E-state index contributed by atoms with van der Waals surface area (Å²) in [4.78, 5) is 11.2.